The lowest BCUT2D eigenvalue weighted by molar-refractivity contribution is 0.261. The fourth-order valence-electron chi connectivity index (χ4n) is 3.40. The number of piperidine rings is 1. The van der Waals surface area contributed by atoms with E-state index < -0.39 is 0 Å². The molecule has 0 saturated carbocycles. The fourth-order valence-corrected chi connectivity index (χ4v) is 4.18. The van der Waals surface area contributed by atoms with E-state index in [1.165, 1.54) is 11.4 Å². The molecule has 0 amide bonds. The molecule has 156 valence electrons. The molecule has 0 aliphatic carbocycles. The van der Waals surface area contributed by atoms with Gasteiger partial charge in [0.15, 0.2) is 5.96 Å². The molecule has 1 saturated heterocycles. The average Bonchev–Trinajstić information content (AvgIpc) is 3.13. The minimum Gasteiger partial charge on any atom is -0.363 e. The molecule has 2 N–H and O–H groups in total. The molecule has 1 fully saturated rings. The van der Waals surface area contributed by atoms with Gasteiger partial charge in [-0.15, -0.1) is 35.3 Å². The molecule has 1 aliphatic heterocycles. The summed E-state index contributed by atoms with van der Waals surface area (Å²) >= 11 is 1.84. The lowest BCUT2D eigenvalue weighted by Gasteiger charge is -2.33. The largest absolute Gasteiger partial charge is 0.363 e. The number of anilines is 1. The highest BCUT2D eigenvalue weighted by atomic mass is 127. The monoisotopic (exact) mass is 507 g/mol. The van der Waals surface area contributed by atoms with E-state index in [0.717, 1.165) is 45.0 Å². The molecular weight excluding hydrogens is 469 g/mol. The molecule has 0 radical (unpaired) electrons. The number of guanidine groups is 1. The van der Waals surface area contributed by atoms with Gasteiger partial charge in [-0.25, -0.2) is 0 Å². The molecule has 1 aliphatic rings. The van der Waals surface area contributed by atoms with E-state index >= 15 is 0 Å². The van der Waals surface area contributed by atoms with Crippen LogP contribution in [-0.4, -0.2) is 63.2 Å². The molecule has 2 heterocycles. The van der Waals surface area contributed by atoms with Crippen LogP contribution in [0.4, 0.5) is 5.00 Å². The number of likely N-dealkylation sites (N-methyl/N-ethyl adjacent to an activating group) is 1. The van der Waals surface area contributed by atoms with Crippen molar-refractivity contribution in [2.75, 3.05) is 45.2 Å². The van der Waals surface area contributed by atoms with Crippen LogP contribution in [0.2, 0.25) is 0 Å². The highest BCUT2D eigenvalue weighted by Crippen LogP contribution is 2.24. The molecule has 27 heavy (non-hydrogen) atoms. The van der Waals surface area contributed by atoms with Crippen LogP contribution in [0.3, 0.4) is 0 Å². The number of hydrogen-bond donors (Lipinski definition) is 2. The first-order valence-corrected chi connectivity index (χ1v) is 10.9. The van der Waals surface area contributed by atoms with Crippen LogP contribution in [-0.2, 0) is 0 Å². The Balaban J connectivity index is 0.00000364. The number of thiophene rings is 1. The van der Waals surface area contributed by atoms with Crippen molar-refractivity contribution in [3.05, 3.63) is 17.5 Å². The standard InChI is InChI=1S/C20H37N5S.HI/c1-6-21-20(22-15-18(24(4)5)14-16(2)3)23-17-9-11-25(12-10-17)19-8-7-13-26-19;/h7-8,13,16-18H,6,9-12,14-15H2,1-5H3,(H2,21,22,23);1H. The first-order chi connectivity index (χ1) is 12.5. The second kappa shape index (κ2) is 12.8. The van der Waals surface area contributed by atoms with Gasteiger partial charge in [0.1, 0.15) is 0 Å². The van der Waals surface area contributed by atoms with Gasteiger partial charge in [0, 0.05) is 31.7 Å². The van der Waals surface area contributed by atoms with Crippen molar-refractivity contribution in [3.63, 3.8) is 0 Å². The van der Waals surface area contributed by atoms with Crippen LogP contribution in [0.1, 0.15) is 40.0 Å². The Hall–Kier alpha value is -0.540. The molecule has 0 bridgehead atoms. The summed E-state index contributed by atoms with van der Waals surface area (Å²) in [6.45, 7) is 10.7. The predicted molar refractivity (Wildman–Crippen MR) is 131 cm³/mol. The quantitative estimate of drug-likeness (QED) is 0.319. The maximum absolute atomic E-state index is 4.89. The van der Waals surface area contributed by atoms with Crippen molar-refractivity contribution in [3.8, 4) is 0 Å². The molecule has 7 heteroatoms. The predicted octanol–water partition coefficient (Wildman–Crippen LogP) is 3.87. The lowest BCUT2D eigenvalue weighted by atomic mass is 10.0. The number of nitrogens with one attached hydrogen (secondary N) is 2. The van der Waals surface area contributed by atoms with Crippen LogP contribution >= 0.6 is 35.3 Å². The van der Waals surface area contributed by atoms with Gasteiger partial charge in [0.05, 0.1) is 11.5 Å². The van der Waals surface area contributed by atoms with Crippen molar-refractivity contribution in [1.29, 1.82) is 0 Å². The van der Waals surface area contributed by atoms with Gasteiger partial charge in [0.2, 0.25) is 0 Å². The highest BCUT2D eigenvalue weighted by molar-refractivity contribution is 14.0. The fraction of sp³-hybridized carbons (Fsp3) is 0.750. The number of halogens is 1. The van der Waals surface area contributed by atoms with Crippen LogP contribution in [0.15, 0.2) is 22.5 Å². The molecule has 2 rings (SSSR count). The van der Waals surface area contributed by atoms with Gasteiger partial charge < -0.3 is 20.4 Å². The Morgan fingerprint density at radius 1 is 1.33 bits per heavy atom. The molecule has 5 nitrogen and oxygen atoms in total. The van der Waals surface area contributed by atoms with E-state index in [2.05, 4.69) is 72.8 Å². The van der Waals surface area contributed by atoms with Gasteiger partial charge in [-0.3, -0.25) is 4.99 Å². The van der Waals surface area contributed by atoms with Gasteiger partial charge in [-0.05, 0) is 63.7 Å². The Bertz CT molecular complexity index is 524. The lowest BCUT2D eigenvalue weighted by Crippen LogP contribution is -2.49. The zero-order chi connectivity index (χ0) is 18.9. The van der Waals surface area contributed by atoms with Crippen molar-refractivity contribution >= 4 is 46.3 Å². The van der Waals surface area contributed by atoms with Crippen molar-refractivity contribution < 1.29 is 0 Å². The minimum atomic E-state index is 0. The van der Waals surface area contributed by atoms with Crippen LogP contribution < -0.4 is 15.5 Å². The van der Waals surface area contributed by atoms with E-state index in [4.69, 9.17) is 4.99 Å². The Morgan fingerprint density at radius 3 is 2.56 bits per heavy atom. The third kappa shape index (κ3) is 8.56. The van der Waals surface area contributed by atoms with Crippen molar-refractivity contribution in [2.45, 2.75) is 52.1 Å². The normalized spacial score (nSPS) is 17.1. The first-order valence-electron chi connectivity index (χ1n) is 9.99. The molecule has 1 unspecified atom stereocenters. The van der Waals surface area contributed by atoms with Gasteiger partial charge in [0.25, 0.3) is 0 Å². The third-order valence-electron chi connectivity index (χ3n) is 4.93. The summed E-state index contributed by atoms with van der Waals surface area (Å²) in [5.41, 5.74) is 0. The highest BCUT2D eigenvalue weighted by Gasteiger charge is 2.21. The molecule has 1 aromatic rings. The molecule has 0 spiro atoms. The summed E-state index contributed by atoms with van der Waals surface area (Å²) < 4.78 is 0. The Labute approximate surface area is 187 Å². The van der Waals surface area contributed by atoms with Crippen molar-refractivity contribution in [2.24, 2.45) is 10.9 Å². The minimum absolute atomic E-state index is 0. The molecule has 1 atom stereocenters. The summed E-state index contributed by atoms with van der Waals surface area (Å²) in [5, 5.41) is 10.6. The van der Waals surface area contributed by atoms with Gasteiger partial charge in [-0.1, -0.05) is 13.8 Å². The summed E-state index contributed by atoms with van der Waals surface area (Å²) in [6, 6.07) is 5.36. The maximum atomic E-state index is 4.89. The molecule has 0 aromatic carbocycles. The number of rotatable bonds is 8. The van der Waals surface area contributed by atoms with Crippen LogP contribution in [0.25, 0.3) is 0 Å². The van der Waals surface area contributed by atoms with Crippen LogP contribution in [0, 0.1) is 5.92 Å². The molecule has 1 aromatic heterocycles. The first kappa shape index (κ1) is 24.5. The number of nitrogens with zero attached hydrogens (tertiary/aromatic N) is 3. The Kier molecular flexibility index (Phi) is 11.6. The SMILES string of the molecule is CCNC(=NCC(CC(C)C)N(C)C)NC1CCN(c2cccs2)CC1.I. The topological polar surface area (TPSA) is 42.9 Å². The van der Waals surface area contributed by atoms with E-state index in [1.54, 1.807) is 0 Å². The number of hydrogen-bond acceptors (Lipinski definition) is 4. The summed E-state index contributed by atoms with van der Waals surface area (Å²) in [7, 11) is 4.31. The number of aliphatic imine (C=N–C) groups is 1. The van der Waals surface area contributed by atoms with E-state index in [-0.39, 0.29) is 24.0 Å². The van der Waals surface area contributed by atoms with E-state index in [0.29, 0.717) is 18.0 Å². The second-order valence-corrected chi connectivity index (χ2v) is 8.75. The molecular formula is C20H38IN5S. The second-order valence-electron chi connectivity index (χ2n) is 7.82. The summed E-state index contributed by atoms with van der Waals surface area (Å²) in [4.78, 5) is 9.69. The zero-order valence-electron chi connectivity index (χ0n) is 17.6. The van der Waals surface area contributed by atoms with Gasteiger partial charge >= 0.3 is 0 Å². The third-order valence-corrected chi connectivity index (χ3v) is 5.86. The van der Waals surface area contributed by atoms with E-state index in [9.17, 15) is 0 Å². The smallest absolute Gasteiger partial charge is 0.191 e. The van der Waals surface area contributed by atoms with E-state index in [1.807, 2.05) is 11.3 Å². The van der Waals surface area contributed by atoms with Crippen molar-refractivity contribution in [1.82, 2.24) is 15.5 Å². The van der Waals surface area contributed by atoms with Crippen LogP contribution in [0.5, 0.6) is 0 Å². The maximum Gasteiger partial charge on any atom is 0.191 e. The summed E-state index contributed by atoms with van der Waals surface area (Å²) in [6.07, 6.45) is 3.49. The average molecular weight is 508 g/mol. The Morgan fingerprint density at radius 2 is 2.04 bits per heavy atom. The van der Waals surface area contributed by atoms with Gasteiger partial charge in [-0.2, -0.15) is 0 Å². The summed E-state index contributed by atoms with van der Waals surface area (Å²) in [5.74, 6) is 1.66. The zero-order valence-corrected chi connectivity index (χ0v) is 20.7.